The average molecular weight is 272 g/mol. The second kappa shape index (κ2) is 5.11. The smallest absolute Gasteiger partial charge is 0.216 e. The molecule has 0 fully saturated rings. The van der Waals surface area contributed by atoms with Gasteiger partial charge in [-0.15, -0.1) is 21.5 Å². The third-order valence-electron chi connectivity index (χ3n) is 3.24. The lowest BCUT2D eigenvalue weighted by molar-refractivity contribution is 0.851. The van der Waals surface area contributed by atoms with Gasteiger partial charge in [0.2, 0.25) is 4.96 Å². The molecule has 3 rings (SSSR count). The second-order valence-corrected chi connectivity index (χ2v) is 5.28. The quantitative estimate of drug-likeness (QED) is 0.794. The number of nitrogens with two attached hydrogens (primary N) is 1. The molecular weight excluding hydrogens is 256 g/mol. The molecule has 0 bridgehead atoms. The number of hydrogen-bond donors (Lipinski definition) is 1. The number of nitrogens with zero attached hydrogens (tertiary/aromatic N) is 3. The van der Waals surface area contributed by atoms with E-state index in [2.05, 4.69) is 51.2 Å². The molecular formula is C14H16N4S. The molecule has 0 aliphatic rings. The van der Waals surface area contributed by atoms with E-state index in [0.29, 0.717) is 6.54 Å². The zero-order valence-corrected chi connectivity index (χ0v) is 11.7. The van der Waals surface area contributed by atoms with Crippen molar-refractivity contribution in [3.8, 4) is 11.3 Å². The molecule has 0 saturated carbocycles. The fourth-order valence-electron chi connectivity index (χ4n) is 2.18. The van der Waals surface area contributed by atoms with Crippen LogP contribution in [0.2, 0.25) is 0 Å². The number of fused-ring (bicyclic) bond motifs is 1. The first kappa shape index (κ1) is 12.3. The van der Waals surface area contributed by atoms with Gasteiger partial charge in [0.15, 0.2) is 0 Å². The zero-order chi connectivity index (χ0) is 13.2. The third-order valence-corrected chi connectivity index (χ3v) is 4.06. The van der Waals surface area contributed by atoms with Crippen LogP contribution in [0.4, 0.5) is 0 Å². The summed E-state index contributed by atoms with van der Waals surface area (Å²) < 4.78 is 2.11. The van der Waals surface area contributed by atoms with Gasteiger partial charge in [0, 0.05) is 11.8 Å². The summed E-state index contributed by atoms with van der Waals surface area (Å²) in [6.07, 6.45) is 1.81. The van der Waals surface area contributed by atoms with E-state index in [9.17, 15) is 0 Å². The molecule has 0 radical (unpaired) electrons. The van der Waals surface area contributed by atoms with Gasteiger partial charge < -0.3 is 5.73 Å². The van der Waals surface area contributed by atoms with E-state index in [0.717, 1.165) is 29.3 Å². The lowest BCUT2D eigenvalue weighted by Crippen LogP contribution is -2.06. The molecule has 0 unspecified atom stereocenters. The Labute approximate surface area is 115 Å². The Balaban J connectivity index is 2.10. The van der Waals surface area contributed by atoms with Gasteiger partial charge in [-0.3, -0.25) is 4.40 Å². The number of hydrogen-bond acceptors (Lipinski definition) is 4. The van der Waals surface area contributed by atoms with Gasteiger partial charge in [-0.05, 0) is 24.1 Å². The molecule has 2 aromatic heterocycles. The summed E-state index contributed by atoms with van der Waals surface area (Å²) in [5.74, 6) is 0.938. The molecule has 19 heavy (non-hydrogen) atoms. The molecule has 3 aromatic rings. The molecule has 0 aliphatic heterocycles. The van der Waals surface area contributed by atoms with Crippen molar-refractivity contribution < 1.29 is 0 Å². The highest BCUT2D eigenvalue weighted by Gasteiger charge is 2.12. The van der Waals surface area contributed by atoms with E-state index in [-0.39, 0.29) is 0 Å². The van der Waals surface area contributed by atoms with Crippen LogP contribution >= 0.6 is 11.3 Å². The van der Waals surface area contributed by atoms with E-state index < -0.39 is 0 Å². The Kier molecular flexibility index (Phi) is 3.31. The van der Waals surface area contributed by atoms with E-state index in [4.69, 9.17) is 5.73 Å². The van der Waals surface area contributed by atoms with Crippen molar-refractivity contribution in [1.82, 2.24) is 14.6 Å². The minimum absolute atomic E-state index is 0.588. The minimum Gasteiger partial charge on any atom is -0.330 e. The number of thiazole rings is 1. The van der Waals surface area contributed by atoms with Gasteiger partial charge in [-0.2, -0.15) is 0 Å². The second-order valence-electron chi connectivity index (χ2n) is 4.44. The van der Waals surface area contributed by atoms with Crippen molar-refractivity contribution in [2.45, 2.75) is 19.8 Å². The van der Waals surface area contributed by atoms with Crippen LogP contribution < -0.4 is 5.73 Å². The predicted octanol–water partition coefficient (Wildman–Crippen LogP) is 2.52. The Morgan fingerprint density at radius 1 is 1.21 bits per heavy atom. The van der Waals surface area contributed by atoms with Crippen LogP contribution in [0.25, 0.3) is 16.2 Å². The van der Waals surface area contributed by atoms with Gasteiger partial charge in [0.1, 0.15) is 5.82 Å². The van der Waals surface area contributed by atoms with Crippen LogP contribution in [0, 0.1) is 0 Å². The van der Waals surface area contributed by atoms with Crippen molar-refractivity contribution >= 4 is 16.3 Å². The first-order valence-electron chi connectivity index (χ1n) is 6.44. The van der Waals surface area contributed by atoms with Gasteiger partial charge in [-0.25, -0.2) is 0 Å². The normalized spacial score (nSPS) is 11.3. The first-order valence-corrected chi connectivity index (χ1v) is 7.32. The van der Waals surface area contributed by atoms with Crippen LogP contribution in [0.1, 0.15) is 18.3 Å². The standard InChI is InChI=1S/C14H16N4S/c1-2-10-3-5-11(6-4-10)12-9-19-14-17-16-13(7-8-15)18(12)14/h3-6,9H,2,7-8,15H2,1H3. The van der Waals surface area contributed by atoms with E-state index >= 15 is 0 Å². The largest absolute Gasteiger partial charge is 0.330 e. The van der Waals surface area contributed by atoms with Crippen molar-refractivity contribution in [3.63, 3.8) is 0 Å². The summed E-state index contributed by atoms with van der Waals surface area (Å²) in [4.78, 5) is 0.929. The summed E-state index contributed by atoms with van der Waals surface area (Å²) >= 11 is 1.61. The number of aromatic nitrogens is 3. The van der Waals surface area contributed by atoms with Crippen LogP contribution in [-0.4, -0.2) is 21.1 Å². The van der Waals surface area contributed by atoms with Gasteiger partial charge in [-0.1, -0.05) is 31.2 Å². The maximum absolute atomic E-state index is 5.63. The third kappa shape index (κ3) is 2.15. The number of rotatable bonds is 4. The zero-order valence-electron chi connectivity index (χ0n) is 10.8. The van der Waals surface area contributed by atoms with E-state index in [1.165, 1.54) is 11.1 Å². The van der Waals surface area contributed by atoms with Crippen LogP contribution in [0.15, 0.2) is 29.6 Å². The molecule has 4 nitrogen and oxygen atoms in total. The van der Waals surface area contributed by atoms with Crippen molar-refractivity contribution in [2.75, 3.05) is 6.54 Å². The maximum atomic E-state index is 5.63. The minimum atomic E-state index is 0.588. The molecule has 0 spiro atoms. The van der Waals surface area contributed by atoms with Crippen molar-refractivity contribution in [2.24, 2.45) is 5.73 Å². The number of benzene rings is 1. The molecule has 0 atom stereocenters. The molecule has 0 aliphatic carbocycles. The molecule has 2 heterocycles. The van der Waals surface area contributed by atoms with Crippen LogP contribution in [-0.2, 0) is 12.8 Å². The fourth-order valence-corrected chi connectivity index (χ4v) is 3.03. The molecule has 0 saturated heterocycles. The average Bonchev–Trinajstić information content (AvgIpc) is 3.02. The Morgan fingerprint density at radius 2 is 2.00 bits per heavy atom. The Bertz CT molecular complexity index is 681. The van der Waals surface area contributed by atoms with Crippen molar-refractivity contribution in [3.05, 3.63) is 41.0 Å². The van der Waals surface area contributed by atoms with E-state index in [1.54, 1.807) is 11.3 Å². The summed E-state index contributed by atoms with van der Waals surface area (Å²) in [7, 11) is 0. The van der Waals surface area contributed by atoms with Crippen molar-refractivity contribution in [1.29, 1.82) is 0 Å². The topological polar surface area (TPSA) is 56.2 Å². The molecule has 0 amide bonds. The highest BCUT2D eigenvalue weighted by molar-refractivity contribution is 7.15. The van der Waals surface area contributed by atoms with Gasteiger partial charge in [0.05, 0.1) is 5.69 Å². The lowest BCUT2D eigenvalue weighted by atomic mass is 10.1. The SMILES string of the molecule is CCc1ccc(-c2csc3nnc(CCN)n23)cc1. The Hall–Kier alpha value is -1.72. The highest BCUT2D eigenvalue weighted by atomic mass is 32.1. The molecule has 1 aromatic carbocycles. The predicted molar refractivity (Wildman–Crippen MR) is 78.4 cm³/mol. The first-order chi connectivity index (χ1) is 9.33. The monoisotopic (exact) mass is 272 g/mol. The summed E-state index contributed by atoms with van der Waals surface area (Å²) in [5, 5.41) is 10.5. The summed E-state index contributed by atoms with van der Waals surface area (Å²) in [6, 6.07) is 8.66. The lowest BCUT2D eigenvalue weighted by Gasteiger charge is -2.03. The summed E-state index contributed by atoms with van der Waals surface area (Å²) in [6.45, 7) is 2.75. The highest BCUT2D eigenvalue weighted by Crippen LogP contribution is 2.26. The maximum Gasteiger partial charge on any atom is 0.216 e. The van der Waals surface area contributed by atoms with E-state index in [1.807, 2.05) is 0 Å². The molecule has 98 valence electrons. The van der Waals surface area contributed by atoms with Crippen LogP contribution in [0.3, 0.4) is 0 Å². The molecule has 5 heteroatoms. The number of aryl methyl sites for hydroxylation is 1. The summed E-state index contributed by atoms with van der Waals surface area (Å²) in [5.41, 5.74) is 9.32. The molecule has 2 N–H and O–H groups in total. The Morgan fingerprint density at radius 3 is 2.68 bits per heavy atom. The van der Waals surface area contributed by atoms with Gasteiger partial charge >= 0.3 is 0 Å². The fraction of sp³-hybridized carbons (Fsp3) is 0.286. The van der Waals surface area contributed by atoms with Crippen LogP contribution in [0.5, 0.6) is 0 Å². The van der Waals surface area contributed by atoms with Gasteiger partial charge in [0.25, 0.3) is 0 Å².